The third-order valence-electron chi connectivity index (χ3n) is 2.28. The Labute approximate surface area is 78.1 Å². The summed E-state index contributed by atoms with van der Waals surface area (Å²) in [5.41, 5.74) is 3.23. The van der Waals surface area contributed by atoms with Crippen molar-refractivity contribution in [3.63, 3.8) is 0 Å². The molecule has 0 aromatic rings. The first kappa shape index (κ1) is 11.7. The molecule has 0 fully saturated rings. The van der Waals surface area contributed by atoms with Crippen LogP contribution in [0.5, 0.6) is 0 Å². The standard InChI is InChI=1S/C12H24/c1-6-7-12(11(4)5)9-8-10(2)3/h10H,6-9H2,1-5H3. The highest BCUT2D eigenvalue weighted by Gasteiger charge is 2.00. The molecule has 0 heterocycles. The summed E-state index contributed by atoms with van der Waals surface area (Å²) in [5.74, 6) is 0.844. The van der Waals surface area contributed by atoms with E-state index in [-0.39, 0.29) is 0 Å². The van der Waals surface area contributed by atoms with Gasteiger partial charge < -0.3 is 0 Å². The zero-order chi connectivity index (χ0) is 9.56. The van der Waals surface area contributed by atoms with Gasteiger partial charge in [0.1, 0.15) is 0 Å². The fourth-order valence-electron chi connectivity index (χ4n) is 1.39. The van der Waals surface area contributed by atoms with Crippen molar-refractivity contribution in [2.45, 2.75) is 60.3 Å². The van der Waals surface area contributed by atoms with Crippen LogP contribution in [0.2, 0.25) is 0 Å². The van der Waals surface area contributed by atoms with Crippen LogP contribution < -0.4 is 0 Å². The van der Waals surface area contributed by atoms with Crippen molar-refractivity contribution in [2.75, 3.05) is 0 Å². The summed E-state index contributed by atoms with van der Waals surface area (Å²) >= 11 is 0. The van der Waals surface area contributed by atoms with Gasteiger partial charge in [-0.15, -0.1) is 0 Å². The predicted molar refractivity (Wildman–Crippen MR) is 57.4 cm³/mol. The molecule has 12 heavy (non-hydrogen) atoms. The van der Waals surface area contributed by atoms with Crippen LogP contribution in [0.3, 0.4) is 0 Å². The Kier molecular flexibility index (Phi) is 6.14. The van der Waals surface area contributed by atoms with E-state index in [1.54, 1.807) is 5.57 Å². The lowest BCUT2D eigenvalue weighted by Gasteiger charge is -2.10. The molecule has 0 aromatic carbocycles. The summed E-state index contributed by atoms with van der Waals surface area (Å²) < 4.78 is 0. The molecule has 0 saturated carbocycles. The zero-order valence-corrected chi connectivity index (χ0v) is 9.41. The van der Waals surface area contributed by atoms with E-state index in [1.807, 2.05) is 0 Å². The summed E-state index contributed by atoms with van der Waals surface area (Å²) in [7, 11) is 0. The molecule has 0 nitrogen and oxygen atoms in total. The maximum Gasteiger partial charge on any atom is -0.0315 e. The Morgan fingerprint density at radius 1 is 1.08 bits per heavy atom. The Morgan fingerprint density at radius 2 is 1.67 bits per heavy atom. The second kappa shape index (κ2) is 6.28. The minimum atomic E-state index is 0.844. The molecule has 0 unspecified atom stereocenters. The van der Waals surface area contributed by atoms with Crippen molar-refractivity contribution in [3.05, 3.63) is 11.1 Å². The predicted octanol–water partition coefficient (Wildman–Crippen LogP) is 4.56. The molecule has 0 N–H and O–H groups in total. The number of hydrogen-bond acceptors (Lipinski definition) is 0. The summed E-state index contributed by atoms with van der Waals surface area (Å²) in [6.07, 6.45) is 5.25. The molecule has 0 heteroatoms. The lowest BCUT2D eigenvalue weighted by Crippen LogP contribution is -1.92. The third kappa shape index (κ3) is 5.40. The first-order valence-electron chi connectivity index (χ1n) is 5.23. The van der Waals surface area contributed by atoms with Crippen LogP contribution in [0.25, 0.3) is 0 Å². The normalized spacial score (nSPS) is 10.5. The molecule has 0 aliphatic rings. The van der Waals surface area contributed by atoms with Crippen molar-refractivity contribution in [3.8, 4) is 0 Å². The van der Waals surface area contributed by atoms with Crippen molar-refractivity contribution >= 4 is 0 Å². The van der Waals surface area contributed by atoms with Crippen LogP contribution in [0.4, 0.5) is 0 Å². The van der Waals surface area contributed by atoms with E-state index in [2.05, 4.69) is 34.6 Å². The molecular formula is C12H24. The average Bonchev–Trinajstić information content (AvgIpc) is 1.96. The van der Waals surface area contributed by atoms with E-state index >= 15 is 0 Å². The molecule has 0 aliphatic carbocycles. The molecule has 0 radical (unpaired) electrons. The van der Waals surface area contributed by atoms with E-state index in [1.165, 1.54) is 31.3 Å². The maximum atomic E-state index is 2.30. The molecule has 0 amide bonds. The molecule has 0 bridgehead atoms. The Hall–Kier alpha value is -0.260. The average molecular weight is 168 g/mol. The van der Waals surface area contributed by atoms with Crippen LogP contribution in [-0.2, 0) is 0 Å². The molecule has 0 spiro atoms. The maximum absolute atomic E-state index is 2.30. The largest absolute Gasteiger partial charge is 0.0772 e. The molecule has 0 rings (SSSR count). The van der Waals surface area contributed by atoms with Gasteiger partial charge in [0.05, 0.1) is 0 Å². The lowest BCUT2D eigenvalue weighted by atomic mass is 9.96. The van der Waals surface area contributed by atoms with E-state index in [0.29, 0.717) is 0 Å². The van der Waals surface area contributed by atoms with Gasteiger partial charge in [0.25, 0.3) is 0 Å². The van der Waals surface area contributed by atoms with Crippen LogP contribution in [0, 0.1) is 5.92 Å². The lowest BCUT2D eigenvalue weighted by molar-refractivity contribution is 0.573. The van der Waals surface area contributed by atoms with E-state index < -0.39 is 0 Å². The Bertz CT molecular complexity index is 136. The van der Waals surface area contributed by atoms with Crippen molar-refractivity contribution in [1.82, 2.24) is 0 Å². The van der Waals surface area contributed by atoms with E-state index in [0.717, 1.165) is 5.92 Å². The second-order valence-electron chi connectivity index (χ2n) is 4.29. The summed E-state index contributed by atoms with van der Waals surface area (Å²) in [6, 6.07) is 0. The number of hydrogen-bond donors (Lipinski definition) is 0. The zero-order valence-electron chi connectivity index (χ0n) is 9.41. The second-order valence-corrected chi connectivity index (χ2v) is 4.29. The van der Waals surface area contributed by atoms with Crippen LogP contribution in [0.1, 0.15) is 60.3 Å². The van der Waals surface area contributed by atoms with Crippen LogP contribution in [-0.4, -0.2) is 0 Å². The van der Waals surface area contributed by atoms with Gasteiger partial charge in [-0.05, 0) is 39.0 Å². The molecular weight excluding hydrogens is 144 g/mol. The summed E-state index contributed by atoms with van der Waals surface area (Å²) in [6.45, 7) is 11.3. The highest BCUT2D eigenvalue weighted by atomic mass is 14.1. The minimum Gasteiger partial charge on any atom is -0.0772 e. The van der Waals surface area contributed by atoms with Gasteiger partial charge in [0, 0.05) is 0 Å². The molecule has 72 valence electrons. The van der Waals surface area contributed by atoms with Gasteiger partial charge in [-0.2, -0.15) is 0 Å². The third-order valence-corrected chi connectivity index (χ3v) is 2.28. The Morgan fingerprint density at radius 3 is 2.00 bits per heavy atom. The van der Waals surface area contributed by atoms with Gasteiger partial charge in [0.15, 0.2) is 0 Å². The summed E-state index contributed by atoms with van der Waals surface area (Å²) in [4.78, 5) is 0. The van der Waals surface area contributed by atoms with E-state index in [4.69, 9.17) is 0 Å². The highest BCUT2D eigenvalue weighted by molar-refractivity contribution is 5.09. The molecule has 0 aromatic heterocycles. The molecule has 0 atom stereocenters. The SMILES string of the molecule is CCCC(CCC(C)C)=C(C)C. The smallest absolute Gasteiger partial charge is 0.0315 e. The number of rotatable bonds is 5. The van der Waals surface area contributed by atoms with Crippen LogP contribution in [0.15, 0.2) is 11.1 Å². The van der Waals surface area contributed by atoms with Gasteiger partial charge in [0.2, 0.25) is 0 Å². The highest BCUT2D eigenvalue weighted by Crippen LogP contribution is 2.19. The van der Waals surface area contributed by atoms with Gasteiger partial charge in [-0.1, -0.05) is 38.3 Å². The topological polar surface area (TPSA) is 0 Å². The fourth-order valence-corrected chi connectivity index (χ4v) is 1.39. The van der Waals surface area contributed by atoms with E-state index in [9.17, 15) is 0 Å². The van der Waals surface area contributed by atoms with Crippen molar-refractivity contribution in [2.24, 2.45) is 5.92 Å². The van der Waals surface area contributed by atoms with Gasteiger partial charge in [-0.3, -0.25) is 0 Å². The monoisotopic (exact) mass is 168 g/mol. The van der Waals surface area contributed by atoms with Gasteiger partial charge >= 0.3 is 0 Å². The molecule has 0 aliphatic heterocycles. The first-order valence-corrected chi connectivity index (χ1v) is 5.23. The van der Waals surface area contributed by atoms with Crippen molar-refractivity contribution < 1.29 is 0 Å². The van der Waals surface area contributed by atoms with Crippen molar-refractivity contribution in [1.29, 1.82) is 0 Å². The fraction of sp³-hybridized carbons (Fsp3) is 0.833. The Balaban J connectivity index is 3.90. The number of allylic oxidation sites excluding steroid dienone is 2. The minimum absolute atomic E-state index is 0.844. The first-order chi connectivity index (χ1) is 5.57. The quantitative estimate of drug-likeness (QED) is 0.528. The summed E-state index contributed by atoms with van der Waals surface area (Å²) in [5, 5.41) is 0. The van der Waals surface area contributed by atoms with Crippen LogP contribution >= 0.6 is 0 Å². The molecule has 0 saturated heterocycles. The van der Waals surface area contributed by atoms with Gasteiger partial charge in [-0.25, -0.2) is 0 Å².